The molecule has 6 nitrogen and oxygen atoms in total. The van der Waals surface area contributed by atoms with Crippen molar-refractivity contribution in [2.24, 2.45) is 0 Å². The summed E-state index contributed by atoms with van der Waals surface area (Å²) in [6.45, 7) is 0.533. The monoisotopic (exact) mass is 409 g/mol. The van der Waals surface area contributed by atoms with Gasteiger partial charge in [0.25, 0.3) is 0 Å². The van der Waals surface area contributed by atoms with Gasteiger partial charge in [-0.3, -0.25) is 4.68 Å². The number of halogens is 1. The van der Waals surface area contributed by atoms with Crippen molar-refractivity contribution in [3.63, 3.8) is 0 Å². The van der Waals surface area contributed by atoms with Gasteiger partial charge in [-0.2, -0.15) is 5.10 Å². The number of aromatic nitrogens is 3. The molecular weight excluding hydrogens is 393 g/mol. The van der Waals surface area contributed by atoms with Crippen LogP contribution in [0.1, 0.15) is 20.9 Å². The van der Waals surface area contributed by atoms with Crippen LogP contribution in [0, 0.1) is 5.82 Å². The lowest BCUT2D eigenvalue weighted by Gasteiger charge is -2.08. The van der Waals surface area contributed by atoms with Crippen LogP contribution < -0.4 is 4.74 Å². The molecule has 0 amide bonds. The van der Waals surface area contributed by atoms with E-state index in [9.17, 15) is 9.18 Å². The Morgan fingerprint density at radius 2 is 2.07 bits per heavy atom. The fourth-order valence-electron chi connectivity index (χ4n) is 2.74. The molecule has 0 aliphatic heterocycles. The van der Waals surface area contributed by atoms with Crippen LogP contribution in [0.5, 0.6) is 5.75 Å². The fourth-order valence-corrected chi connectivity index (χ4v) is 3.53. The first kappa shape index (κ1) is 18.8. The van der Waals surface area contributed by atoms with Crippen LogP contribution in [-0.2, 0) is 13.2 Å². The third-order valence-electron chi connectivity index (χ3n) is 4.21. The van der Waals surface area contributed by atoms with Crippen molar-refractivity contribution in [2.75, 3.05) is 0 Å². The third kappa shape index (κ3) is 4.49. The number of hydrogen-bond acceptors (Lipinski definition) is 5. The van der Waals surface area contributed by atoms with E-state index in [1.165, 1.54) is 29.8 Å². The number of aromatic carboxylic acids is 1. The molecule has 0 aliphatic rings. The summed E-state index contributed by atoms with van der Waals surface area (Å²) in [5.41, 5.74) is 2.30. The Morgan fingerprint density at radius 1 is 1.21 bits per heavy atom. The molecule has 2 aromatic carbocycles. The van der Waals surface area contributed by atoms with E-state index in [2.05, 4.69) is 10.1 Å². The second kappa shape index (κ2) is 8.24. The van der Waals surface area contributed by atoms with Crippen LogP contribution in [0.15, 0.2) is 66.3 Å². The molecule has 0 atom stereocenters. The van der Waals surface area contributed by atoms with E-state index in [-0.39, 0.29) is 18.0 Å². The number of nitrogens with zero attached hydrogens (tertiary/aromatic N) is 3. The second-order valence-corrected chi connectivity index (χ2v) is 7.21. The zero-order valence-corrected chi connectivity index (χ0v) is 16.0. The van der Waals surface area contributed by atoms with Crippen molar-refractivity contribution in [1.29, 1.82) is 0 Å². The Kier molecular flexibility index (Phi) is 5.35. The Bertz CT molecular complexity index is 1160. The maximum atomic E-state index is 13.7. The zero-order chi connectivity index (χ0) is 20.2. The molecule has 0 bridgehead atoms. The smallest absolute Gasteiger partial charge is 0.338 e. The van der Waals surface area contributed by atoms with Crippen molar-refractivity contribution in [3.8, 4) is 17.0 Å². The summed E-state index contributed by atoms with van der Waals surface area (Å²) in [5, 5.41) is 15.7. The minimum Gasteiger partial charge on any atom is -0.489 e. The van der Waals surface area contributed by atoms with Crippen LogP contribution in [0.2, 0.25) is 0 Å². The van der Waals surface area contributed by atoms with Crippen LogP contribution in [-0.4, -0.2) is 25.8 Å². The van der Waals surface area contributed by atoms with Gasteiger partial charge in [-0.15, -0.1) is 11.3 Å². The number of benzene rings is 2. The molecule has 0 unspecified atom stereocenters. The highest BCUT2D eigenvalue weighted by molar-refractivity contribution is 7.09. The molecule has 0 fully saturated rings. The average Bonchev–Trinajstić information content (AvgIpc) is 3.38. The van der Waals surface area contributed by atoms with Gasteiger partial charge in [0, 0.05) is 22.7 Å². The first-order chi connectivity index (χ1) is 14.1. The van der Waals surface area contributed by atoms with Crippen molar-refractivity contribution < 1.29 is 19.0 Å². The van der Waals surface area contributed by atoms with Crippen molar-refractivity contribution in [3.05, 3.63) is 88.3 Å². The predicted molar refractivity (Wildman–Crippen MR) is 107 cm³/mol. The number of hydrogen-bond donors (Lipinski definition) is 1. The zero-order valence-electron chi connectivity index (χ0n) is 15.2. The number of ether oxygens (including phenoxy) is 1. The second-order valence-electron chi connectivity index (χ2n) is 6.27. The molecule has 0 aliphatic carbocycles. The molecule has 29 heavy (non-hydrogen) atoms. The van der Waals surface area contributed by atoms with Crippen LogP contribution >= 0.6 is 11.3 Å². The van der Waals surface area contributed by atoms with Gasteiger partial charge in [0.2, 0.25) is 0 Å². The van der Waals surface area contributed by atoms with Crippen molar-refractivity contribution >= 4 is 17.3 Å². The number of thiazole rings is 1. The van der Waals surface area contributed by atoms with Crippen LogP contribution in [0.4, 0.5) is 4.39 Å². The van der Waals surface area contributed by atoms with Gasteiger partial charge in [0.05, 0.1) is 24.0 Å². The standard InChI is InChI=1S/C21H16FN3O3S/c22-18-7-2-1-4-15(18)12-28-17-6-3-5-14(8-17)19-13-29-20(24-19)11-25-10-16(9-23-25)21(26)27/h1-10,13H,11-12H2,(H,26,27). The summed E-state index contributed by atoms with van der Waals surface area (Å²) in [5.74, 6) is -0.681. The molecular formula is C21H16FN3O3S. The molecule has 0 radical (unpaired) electrons. The van der Waals surface area contributed by atoms with Crippen LogP contribution in [0.25, 0.3) is 11.3 Å². The summed E-state index contributed by atoms with van der Waals surface area (Å²) in [4.78, 5) is 15.5. The van der Waals surface area contributed by atoms with Gasteiger partial charge in [-0.05, 0) is 18.2 Å². The normalized spacial score (nSPS) is 10.8. The lowest BCUT2D eigenvalue weighted by Crippen LogP contribution is -2.00. The van der Waals surface area contributed by atoms with E-state index in [1.54, 1.807) is 22.9 Å². The summed E-state index contributed by atoms with van der Waals surface area (Å²) >= 11 is 1.47. The molecule has 4 rings (SSSR count). The molecule has 8 heteroatoms. The fraction of sp³-hybridized carbons (Fsp3) is 0.0952. The van der Waals surface area contributed by atoms with Gasteiger partial charge in [-0.25, -0.2) is 14.2 Å². The molecule has 0 spiro atoms. The molecule has 0 saturated heterocycles. The lowest BCUT2D eigenvalue weighted by molar-refractivity contribution is 0.0696. The van der Waals surface area contributed by atoms with E-state index in [0.717, 1.165) is 16.3 Å². The molecule has 2 aromatic heterocycles. The molecule has 1 N–H and O–H groups in total. The highest BCUT2D eigenvalue weighted by atomic mass is 32.1. The summed E-state index contributed by atoms with van der Waals surface area (Å²) in [6.07, 6.45) is 2.79. The predicted octanol–water partition coefficient (Wildman–Crippen LogP) is 4.47. The van der Waals surface area contributed by atoms with Gasteiger partial charge >= 0.3 is 5.97 Å². The van der Waals surface area contributed by atoms with E-state index < -0.39 is 5.97 Å². The van der Waals surface area contributed by atoms with Gasteiger partial charge < -0.3 is 9.84 Å². The molecule has 4 aromatic rings. The van der Waals surface area contributed by atoms with Crippen molar-refractivity contribution in [1.82, 2.24) is 14.8 Å². The summed E-state index contributed by atoms with van der Waals surface area (Å²) in [6, 6.07) is 14.0. The van der Waals surface area contributed by atoms with E-state index in [4.69, 9.17) is 9.84 Å². The number of rotatable bonds is 7. The maximum Gasteiger partial charge on any atom is 0.338 e. The lowest BCUT2D eigenvalue weighted by atomic mass is 10.1. The highest BCUT2D eigenvalue weighted by Gasteiger charge is 2.10. The quantitative estimate of drug-likeness (QED) is 0.487. The number of carboxylic acids is 1. The van der Waals surface area contributed by atoms with E-state index >= 15 is 0 Å². The van der Waals surface area contributed by atoms with Gasteiger partial charge in [0.1, 0.15) is 23.2 Å². The topological polar surface area (TPSA) is 77.2 Å². The minimum absolute atomic E-state index is 0.140. The largest absolute Gasteiger partial charge is 0.489 e. The Balaban J connectivity index is 1.45. The molecule has 2 heterocycles. The van der Waals surface area contributed by atoms with Gasteiger partial charge in [-0.1, -0.05) is 30.3 Å². The summed E-state index contributed by atoms with van der Waals surface area (Å²) < 4.78 is 21.0. The van der Waals surface area contributed by atoms with Crippen molar-refractivity contribution in [2.45, 2.75) is 13.2 Å². The SMILES string of the molecule is O=C(O)c1cnn(Cc2nc(-c3cccc(OCc4ccccc4F)c3)cs2)c1. The number of carbonyl (C=O) groups is 1. The molecule has 146 valence electrons. The molecule has 0 saturated carbocycles. The van der Waals surface area contributed by atoms with E-state index in [0.29, 0.717) is 17.9 Å². The van der Waals surface area contributed by atoms with Crippen LogP contribution in [0.3, 0.4) is 0 Å². The number of carboxylic acid groups (broad SMARTS) is 1. The summed E-state index contributed by atoms with van der Waals surface area (Å²) in [7, 11) is 0. The highest BCUT2D eigenvalue weighted by Crippen LogP contribution is 2.26. The first-order valence-corrected chi connectivity index (χ1v) is 9.63. The Labute approximate surface area is 169 Å². The minimum atomic E-state index is -1.01. The average molecular weight is 409 g/mol. The van der Waals surface area contributed by atoms with E-state index in [1.807, 2.05) is 29.6 Å². The third-order valence-corrected chi connectivity index (χ3v) is 5.04. The maximum absolute atomic E-state index is 13.7. The Morgan fingerprint density at radius 3 is 2.86 bits per heavy atom. The van der Waals surface area contributed by atoms with Gasteiger partial charge in [0.15, 0.2) is 0 Å². The Hall–Kier alpha value is -3.52. The first-order valence-electron chi connectivity index (χ1n) is 8.75.